The SMILES string of the molecule is CCN=C1N[C@@H]2[C@@H](O)[C@@H](O)[C@@H](CNCC#N)O[C@@H]2S1. The van der Waals surface area contributed by atoms with Gasteiger partial charge in [0.1, 0.15) is 23.7 Å². The molecule has 0 aliphatic carbocycles. The van der Waals surface area contributed by atoms with Crippen molar-refractivity contribution in [3.05, 3.63) is 0 Å². The van der Waals surface area contributed by atoms with Gasteiger partial charge >= 0.3 is 0 Å². The standard InChI is InChI=1S/C11H18N4O3S/c1-2-14-11-15-7-9(17)8(16)6(5-13-4-3-12)18-10(7)19-11/h6-10,13,16-17H,2,4-5H2,1H3,(H,14,15)/t6-,7-,8+,9-,10-/m1/s1. The highest BCUT2D eigenvalue weighted by Gasteiger charge is 2.48. The second-order valence-electron chi connectivity index (χ2n) is 4.38. The molecule has 0 radical (unpaired) electrons. The molecule has 0 saturated carbocycles. The first-order chi connectivity index (χ1) is 9.17. The molecule has 0 aromatic carbocycles. The molecule has 0 bridgehead atoms. The van der Waals surface area contributed by atoms with Gasteiger partial charge in [-0.05, 0) is 6.92 Å². The Hall–Kier alpha value is -0.850. The van der Waals surface area contributed by atoms with Crippen LogP contribution in [0.2, 0.25) is 0 Å². The lowest BCUT2D eigenvalue weighted by Crippen LogP contribution is -2.60. The molecular weight excluding hydrogens is 268 g/mol. The third-order valence-corrected chi connectivity index (χ3v) is 4.18. The average molecular weight is 286 g/mol. The summed E-state index contributed by atoms with van der Waals surface area (Å²) >= 11 is 1.42. The van der Waals surface area contributed by atoms with Crippen molar-refractivity contribution < 1.29 is 14.9 Å². The zero-order chi connectivity index (χ0) is 13.8. The Morgan fingerprint density at radius 3 is 3.00 bits per heavy atom. The van der Waals surface area contributed by atoms with Crippen molar-refractivity contribution in [2.45, 2.75) is 36.7 Å². The number of ether oxygens (including phenoxy) is 1. The molecule has 0 unspecified atom stereocenters. The van der Waals surface area contributed by atoms with E-state index in [1.807, 2.05) is 13.0 Å². The van der Waals surface area contributed by atoms with Crippen molar-refractivity contribution in [2.75, 3.05) is 19.6 Å². The first-order valence-electron chi connectivity index (χ1n) is 6.24. The molecule has 2 fully saturated rings. The summed E-state index contributed by atoms with van der Waals surface area (Å²) in [5, 5.41) is 35.2. The largest absolute Gasteiger partial charge is 0.388 e. The van der Waals surface area contributed by atoms with Gasteiger partial charge in [0.2, 0.25) is 0 Å². The van der Waals surface area contributed by atoms with E-state index >= 15 is 0 Å². The van der Waals surface area contributed by atoms with E-state index < -0.39 is 18.3 Å². The molecule has 106 valence electrons. The topological polar surface area (TPSA) is 110 Å². The van der Waals surface area contributed by atoms with Crippen LogP contribution < -0.4 is 10.6 Å². The maximum absolute atomic E-state index is 10.1. The number of hydrogen-bond donors (Lipinski definition) is 4. The summed E-state index contributed by atoms with van der Waals surface area (Å²) in [6.07, 6.45) is -2.42. The van der Waals surface area contributed by atoms with Gasteiger partial charge in [0.15, 0.2) is 5.17 Å². The van der Waals surface area contributed by atoms with E-state index in [-0.39, 0.29) is 18.0 Å². The van der Waals surface area contributed by atoms with Gasteiger partial charge < -0.3 is 25.6 Å². The fourth-order valence-electron chi connectivity index (χ4n) is 2.14. The Balaban J connectivity index is 1.98. The minimum absolute atomic E-state index is 0.185. The minimum Gasteiger partial charge on any atom is -0.388 e. The molecule has 5 atom stereocenters. The van der Waals surface area contributed by atoms with Crippen molar-refractivity contribution >= 4 is 16.9 Å². The molecule has 4 N–H and O–H groups in total. The van der Waals surface area contributed by atoms with Crippen LogP contribution in [0.25, 0.3) is 0 Å². The maximum Gasteiger partial charge on any atom is 0.159 e. The van der Waals surface area contributed by atoms with Crippen LogP contribution in [0.4, 0.5) is 0 Å². The molecule has 19 heavy (non-hydrogen) atoms. The molecule has 2 heterocycles. The number of amidine groups is 1. The van der Waals surface area contributed by atoms with Crippen molar-refractivity contribution in [3.63, 3.8) is 0 Å². The quantitative estimate of drug-likeness (QED) is 0.373. The number of nitrogens with zero attached hydrogens (tertiary/aromatic N) is 2. The van der Waals surface area contributed by atoms with E-state index in [0.717, 1.165) is 5.17 Å². The van der Waals surface area contributed by atoms with Crippen molar-refractivity contribution in [3.8, 4) is 6.07 Å². The van der Waals surface area contributed by atoms with E-state index in [1.54, 1.807) is 0 Å². The fraction of sp³-hybridized carbons (Fsp3) is 0.818. The van der Waals surface area contributed by atoms with Crippen LogP contribution in [0.3, 0.4) is 0 Å². The van der Waals surface area contributed by atoms with E-state index in [2.05, 4.69) is 15.6 Å². The van der Waals surface area contributed by atoms with Crippen molar-refractivity contribution in [1.82, 2.24) is 10.6 Å². The number of aliphatic hydroxyl groups excluding tert-OH is 2. The van der Waals surface area contributed by atoms with Crippen molar-refractivity contribution in [1.29, 1.82) is 5.26 Å². The third kappa shape index (κ3) is 3.19. The zero-order valence-electron chi connectivity index (χ0n) is 10.6. The van der Waals surface area contributed by atoms with Crippen LogP contribution in [0, 0.1) is 11.3 Å². The Bertz CT molecular complexity index is 387. The van der Waals surface area contributed by atoms with Gasteiger partial charge in [0.05, 0.1) is 18.7 Å². The van der Waals surface area contributed by atoms with Crippen LogP contribution in [-0.4, -0.2) is 64.8 Å². The third-order valence-electron chi connectivity index (χ3n) is 3.07. The Kier molecular flexibility index (Phi) is 5.01. The van der Waals surface area contributed by atoms with Gasteiger partial charge in [-0.1, -0.05) is 11.8 Å². The summed E-state index contributed by atoms with van der Waals surface area (Å²) in [4.78, 5) is 4.24. The smallest absolute Gasteiger partial charge is 0.159 e. The Morgan fingerprint density at radius 2 is 2.32 bits per heavy atom. The van der Waals surface area contributed by atoms with Crippen molar-refractivity contribution in [2.24, 2.45) is 4.99 Å². The van der Waals surface area contributed by atoms with E-state index in [1.165, 1.54) is 11.8 Å². The summed E-state index contributed by atoms with van der Waals surface area (Å²) in [6, 6.07) is 1.61. The number of fused-ring (bicyclic) bond motifs is 1. The second-order valence-corrected chi connectivity index (χ2v) is 5.47. The molecule has 0 amide bonds. The predicted octanol–water partition coefficient (Wildman–Crippen LogP) is -1.37. The van der Waals surface area contributed by atoms with Crippen LogP contribution in [0.5, 0.6) is 0 Å². The highest BCUT2D eigenvalue weighted by molar-refractivity contribution is 8.14. The normalized spacial score (nSPS) is 39.7. The molecule has 2 aliphatic heterocycles. The fourth-order valence-corrected chi connectivity index (χ4v) is 3.34. The number of aliphatic hydroxyl groups is 2. The highest BCUT2D eigenvalue weighted by Crippen LogP contribution is 2.33. The Labute approximate surface area is 116 Å². The summed E-state index contributed by atoms with van der Waals surface area (Å²) in [5.74, 6) is 0. The monoisotopic (exact) mass is 286 g/mol. The van der Waals surface area contributed by atoms with Gasteiger partial charge in [0.25, 0.3) is 0 Å². The molecule has 0 aromatic rings. The lowest BCUT2D eigenvalue weighted by Gasteiger charge is -2.38. The number of nitrogens with one attached hydrogen (secondary N) is 2. The summed E-state index contributed by atoms with van der Waals surface area (Å²) in [7, 11) is 0. The predicted molar refractivity (Wildman–Crippen MR) is 71.6 cm³/mol. The number of aliphatic imine (C=N–C) groups is 1. The lowest BCUT2D eigenvalue weighted by molar-refractivity contribution is -0.153. The van der Waals surface area contributed by atoms with Crippen LogP contribution in [0.15, 0.2) is 4.99 Å². The van der Waals surface area contributed by atoms with Gasteiger partial charge in [-0.3, -0.25) is 4.99 Å². The van der Waals surface area contributed by atoms with Gasteiger partial charge in [-0.25, -0.2) is 0 Å². The van der Waals surface area contributed by atoms with E-state index in [4.69, 9.17) is 10.00 Å². The number of thioether (sulfide) groups is 1. The number of nitriles is 1. The Morgan fingerprint density at radius 1 is 1.53 bits per heavy atom. The molecule has 8 heteroatoms. The molecule has 0 spiro atoms. The first kappa shape index (κ1) is 14.6. The van der Waals surface area contributed by atoms with Crippen LogP contribution in [-0.2, 0) is 4.74 Å². The van der Waals surface area contributed by atoms with Crippen LogP contribution in [0.1, 0.15) is 6.92 Å². The van der Waals surface area contributed by atoms with Gasteiger partial charge in [-0.2, -0.15) is 5.26 Å². The molecule has 2 aliphatic rings. The summed E-state index contributed by atoms with van der Waals surface area (Å²) in [6.45, 7) is 3.10. The number of hydrogen-bond acceptors (Lipinski definition) is 7. The lowest BCUT2D eigenvalue weighted by atomic mass is 9.98. The minimum atomic E-state index is -0.985. The van der Waals surface area contributed by atoms with Gasteiger partial charge in [0, 0.05) is 13.1 Å². The maximum atomic E-state index is 10.1. The van der Waals surface area contributed by atoms with E-state index in [0.29, 0.717) is 13.1 Å². The highest BCUT2D eigenvalue weighted by atomic mass is 32.2. The molecule has 2 saturated heterocycles. The molecule has 7 nitrogen and oxygen atoms in total. The van der Waals surface area contributed by atoms with Crippen LogP contribution >= 0.6 is 11.8 Å². The first-order valence-corrected chi connectivity index (χ1v) is 7.12. The molecule has 0 aromatic heterocycles. The number of rotatable bonds is 4. The van der Waals surface area contributed by atoms with E-state index in [9.17, 15) is 10.2 Å². The molecular formula is C11H18N4O3S. The summed E-state index contributed by atoms with van der Waals surface area (Å²) in [5.41, 5.74) is -0.266. The second kappa shape index (κ2) is 6.54. The zero-order valence-corrected chi connectivity index (χ0v) is 11.4. The summed E-state index contributed by atoms with van der Waals surface area (Å²) < 4.78 is 5.75. The average Bonchev–Trinajstić information content (AvgIpc) is 2.79. The van der Waals surface area contributed by atoms with Gasteiger partial charge in [-0.15, -0.1) is 0 Å². The molecule has 2 rings (SSSR count).